The topological polar surface area (TPSA) is 65.0 Å². The van der Waals surface area contributed by atoms with Crippen LogP contribution in [0, 0.1) is 0 Å². The van der Waals surface area contributed by atoms with Crippen LogP contribution < -0.4 is 0 Å². The van der Waals surface area contributed by atoms with Gasteiger partial charge in [0.1, 0.15) is 22.3 Å². The summed E-state index contributed by atoms with van der Waals surface area (Å²) in [5.74, 6) is 0.676. The van der Waals surface area contributed by atoms with Crippen molar-refractivity contribution in [3.05, 3.63) is 188 Å². The largest absolute Gasteiger partial charge is 0.456 e. The van der Waals surface area contributed by atoms with E-state index in [0.717, 1.165) is 105 Å². The fourth-order valence-electron chi connectivity index (χ4n) is 7.85. The third-order valence-electron chi connectivity index (χ3n) is 10.7. The van der Waals surface area contributed by atoms with Gasteiger partial charge in [-0.05, 0) is 76.3 Å². The maximum atomic E-state index is 6.66. The first-order valence-corrected chi connectivity index (χ1v) is 18.7. The number of hydrogen-bond acceptors (Lipinski definition) is 5. The van der Waals surface area contributed by atoms with Crippen LogP contribution in [0.2, 0.25) is 0 Å². The zero-order chi connectivity index (χ0) is 37.0. The van der Waals surface area contributed by atoms with Crippen molar-refractivity contribution < 1.29 is 8.83 Å². The second-order valence-electron chi connectivity index (χ2n) is 14.0. The third-order valence-corrected chi connectivity index (χ3v) is 10.7. The van der Waals surface area contributed by atoms with E-state index in [1.165, 1.54) is 0 Å². The number of pyridine rings is 1. The molecule has 0 aliphatic rings. The molecule has 7 aromatic carbocycles. The van der Waals surface area contributed by atoms with E-state index in [0.29, 0.717) is 5.82 Å². The molecule has 0 fully saturated rings. The molecular formula is C51H31N3O2. The summed E-state index contributed by atoms with van der Waals surface area (Å²) < 4.78 is 12.9. The average molecular weight is 718 g/mol. The molecule has 0 spiro atoms. The van der Waals surface area contributed by atoms with E-state index in [2.05, 4.69) is 120 Å². The predicted molar refractivity (Wildman–Crippen MR) is 227 cm³/mol. The van der Waals surface area contributed by atoms with Crippen LogP contribution in [0.1, 0.15) is 0 Å². The highest BCUT2D eigenvalue weighted by Crippen LogP contribution is 2.43. The zero-order valence-corrected chi connectivity index (χ0v) is 30.1. The van der Waals surface area contributed by atoms with Crippen molar-refractivity contribution in [2.75, 3.05) is 0 Å². The van der Waals surface area contributed by atoms with E-state index >= 15 is 0 Å². The molecule has 11 rings (SSSR count). The molecule has 11 aromatic rings. The fourth-order valence-corrected chi connectivity index (χ4v) is 7.85. The summed E-state index contributed by atoms with van der Waals surface area (Å²) in [6.45, 7) is 0. The minimum Gasteiger partial charge on any atom is -0.456 e. The van der Waals surface area contributed by atoms with Crippen molar-refractivity contribution in [3.8, 4) is 67.3 Å². The minimum absolute atomic E-state index is 0.676. The summed E-state index contributed by atoms with van der Waals surface area (Å²) in [5, 5.41) is 4.39. The Morgan fingerprint density at radius 1 is 0.339 bits per heavy atom. The Bertz CT molecular complexity index is 3220. The lowest BCUT2D eigenvalue weighted by atomic mass is 9.93. The summed E-state index contributed by atoms with van der Waals surface area (Å²) in [7, 11) is 0. The lowest BCUT2D eigenvalue weighted by Crippen LogP contribution is -1.96. The van der Waals surface area contributed by atoms with Gasteiger partial charge in [0.25, 0.3) is 0 Å². The van der Waals surface area contributed by atoms with Gasteiger partial charge in [0.15, 0.2) is 5.82 Å². The highest BCUT2D eigenvalue weighted by Gasteiger charge is 2.19. The van der Waals surface area contributed by atoms with Gasteiger partial charge in [0, 0.05) is 56.2 Å². The Kier molecular flexibility index (Phi) is 7.42. The van der Waals surface area contributed by atoms with Gasteiger partial charge in [-0.3, -0.25) is 4.98 Å². The summed E-state index contributed by atoms with van der Waals surface area (Å²) in [5.41, 5.74) is 14.7. The Morgan fingerprint density at radius 2 is 0.893 bits per heavy atom. The minimum atomic E-state index is 0.676. The van der Waals surface area contributed by atoms with E-state index in [-0.39, 0.29) is 0 Å². The molecule has 4 heterocycles. The lowest BCUT2D eigenvalue weighted by Gasteiger charge is -2.11. The van der Waals surface area contributed by atoms with Crippen LogP contribution in [0.25, 0.3) is 111 Å². The Hall–Kier alpha value is -7.63. The second kappa shape index (κ2) is 13.0. The van der Waals surface area contributed by atoms with Crippen molar-refractivity contribution in [2.45, 2.75) is 0 Å². The van der Waals surface area contributed by atoms with E-state index in [4.69, 9.17) is 18.8 Å². The van der Waals surface area contributed by atoms with E-state index < -0.39 is 0 Å². The SMILES string of the molecule is c1ccc(-c2cc(-c3ccc(-c4ccc(-c5ccc6c(c5)oc5ccccc56)c5oc6ccccc6c45)cc3)nc(-c3ccc(-c4ccncc4)cc3)n2)cc1. The number of rotatable bonds is 6. The van der Waals surface area contributed by atoms with Gasteiger partial charge in [0.2, 0.25) is 0 Å². The normalized spacial score (nSPS) is 11.6. The number of hydrogen-bond donors (Lipinski definition) is 0. The van der Waals surface area contributed by atoms with Crippen LogP contribution in [0.15, 0.2) is 197 Å². The fraction of sp³-hybridized carbons (Fsp3) is 0. The highest BCUT2D eigenvalue weighted by molar-refractivity contribution is 6.17. The summed E-state index contributed by atoms with van der Waals surface area (Å²) in [6.07, 6.45) is 3.62. The molecule has 0 bridgehead atoms. The number of aromatic nitrogens is 3. The van der Waals surface area contributed by atoms with Gasteiger partial charge in [-0.1, -0.05) is 127 Å². The average Bonchev–Trinajstić information content (AvgIpc) is 3.85. The molecule has 0 N–H and O–H groups in total. The van der Waals surface area contributed by atoms with Gasteiger partial charge in [-0.25, -0.2) is 9.97 Å². The third kappa shape index (κ3) is 5.45. The van der Waals surface area contributed by atoms with Crippen LogP contribution in [0.3, 0.4) is 0 Å². The van der Waals surface area contributed by atoms with Crippen LogP contribution in [0.4, 0.5) is 0 Å². The van der Waals surface area contributed by atoms with Gasteiger partial charge < -0.3 is 8.83 Å². The summed E-state index contributed by atoms with van der Waals surface area (Å²) >= 11 is 0. The molecule has 0 amide bonds. The smallest absolute Gasteiger partial charge is 0.160 e. The lowest BCUT2D eigenvalue weighted by molar-refractivity contribution is 0.668. The molecule has 0 unspecified atom stereocenters. The molecule has 56 heavy (non-hydrogen) atoms. The number of furan rings is 2. The Morgan fingerprint density at radius 3 is 1.66 bits per heavy atom. The highest BCUT2D eigenvalue weighted by atomic mass is 16.3. The molecule has 0 radical (unpaired) electrons. The van der Waals surface area contributed by atoms with Crippen LogP contribution in [-0.2, 0) is 0 Å². The Balaban J connectivity index is 1.00. The van der Waals surface area contributed by atoms with Crippen LogP contribution in [0.5, 0.6) is 0 Å². The maximum absolute atomic E-state index is 6.66. The molecule has 0 aliphatic carbocycles. The van der Waals surface area contributed by atoms with Gasteiger partial charge >= 0.3 is 0 Å². The molecular weight excluding hydrogens is 687 g/mol. The van der Waals surface area contributed by atoms with Crippen LogP contribution >= 0.6 is 0 Å². The number of fused-ring (bicyclic) bond motifs is 6. The van der Waals surface area contributed by atoms with Crippen molar-refractivity contribution >= 4 is 43.9 Å². The molecule has 0 saturated heterocycles. The van der Waals surface area contributed by atoms with Gasteiger partial charge in [-0.2, -0.15) is 0 Å². The van der Waals surface area contributed by atoms with E-state index in [1.807, 2.05) is 73.1 Å². The molecule has 5 heteroatoms. The summed E-state index contributed by atoms with van der Waals surface area (Å²) in [6, 6.07) is 60.7. The molecule has 262 valence electrons. The molecule has 0 atom stereocenters. The number of para-hydroxylation sites is 2. The van der Waals surface area contributed by atoms with Crippen molar-refractivity contribution in [1.29, 1.82) is 0 Å². The molecule has 5 nitrogen and oxygen atoms in total. The van der Waals surface area contributed by atoms with E-state index in [9.17, 15) is 0 Å². The first-order chi connectivity index (χ1) is 27.7. The van der Waals surface area contributed by atoms with Crippen molar-refractivity contribution in [3.63, 3.8) is 0 Å². The molecule has 0 saturated carbocycles. The first kappa shape index (κ1) is 31.9. The monoisotopic (exact) mass is 717 g/mol. The van der Waals surface area contributed by atoms with Crippen LogP contribution in [-0.4, -0.2) is 15.0 Å². The second-order valence-corrected chi connectivity index (χ2v) is 14.0. The number of nitrogens with zero attached hydrogens (tertiary/aromatic N) is 3. The van der Waals surface area contributed by atoms with Gasteiger partial charge in [0.05, 0.1) is 11.4 Å². The summed E-state index contributed by atoms with van der Waals surface area (Å²) in [4.78, 5) is 14.3. The molecule has 4 aromatic heterocycles. The quantitative estimate of drug-likeness (QED) is 0.171. The predicted octanol–water partition coefficient (Wildman–Crippen LogP) is 13.7. The first-order valence-electron chi connectivity index (χ1n) is 18.7. The molecule has 0 aliphatic heterocycles. The van der Waals surface area contributed by atoms with Crippen molar-refractivity contribution in [2.24, 2.45) is 0 Å². The van der Waals surface area contributed by atoms with Gasteiger partial charge in [-0.15, -0.1) is 0 Å². The maximum Gasteiger partial charge on any atom is 0.160 e. The van der Waals surface area contributed by atoms with Crippen molar-refractivity contribution in [1.82, 2.24) is 15.0 Å². The number of benzene rings is 7. The standard InChI is InChI=1S/C51H31N3O2/c1-2-8-35(9-3-1)44-31-45(54-51(53-44)37-20-14-32(15-21-37)33-26-28-52-29-27-33)36-18-16-34(17-19-36)39-24-25-40(50-49(39)43-11-5-7-13-47(43)56-50)38-22-23-42-41-10-4-6-12-46(41)55-48(42)30-38/h1-31H. The zero-order valence-electron chi connectivity index (χ0n) is 30.1. The van der Waals surface area contributed by atoms with E-state index in [1.54, 1.807) is 0 Å². The Labute approximate surface area is 322 Å².